The monoisotopic (exact) mass is 184 g/mol. The van der Waals surface area contributed by atoms with Crippen LogP contribution in [0.4, 0.5) is 0 Å². The molecule has 0 nitrogen and oxygen atoms in total. The largest absolute Gasteiger partial charge is 0.376 e. The zero-order chi connectivity index (χ0) is 8.53. The highest BCUT2D eigenvalue weighted by Gasteiger charge is 1.72. The number of hydrogen-bond donors (Lipinski definition) is 0. The van der Waals surface area contributed by atoms with Gasteiger partial charge in [0.1, 0.15) is 0 Å². The topological polar surface area (TPSA) is 0 Å². The van der Waals surface area contributed by atoms with E-state index in [9.17, 15) is 0 Å². The molecule has 0 amide bonds. The van der Waals surface area contributed by atoms with E-state index in [2.05, 4.69) is 26.0 Å². The van der Waals surface area contributed by atoms with Crippen LogP contribution in [0.2, 0.25) is 5.28 Å². The molecule has 1 aromatic rings. The van der Waals surface area contributed by atoms with Crippen molar-refractivity contribution in [1.82, 2.24) is 0 Å². The lowest BCUT2D eigenvalue weighted by atomic mass is 10.2. The third-order valence-electron chi connectivity index (χ3n) is 1.13. The SMILES string of the molecule is C[CH2][AlH][Cl].Cc1ccccc1. The standard InChI is InChI=1S/C7H8.C2H5.Al.ClH.H/c1-7-5-3-2-4-6-7;1-2;;;/h2-6H,1H3;1H2,2H3;;1H;/q;;+1;;/p-1. The molecule has 0 heterocycles. The van der Waals surface area contributed by atoms with Crippen LogP contribution in [0.25, 0.3) is 0 Å². The van der Waals surface area contributed by atoms with Crippen LogP contribution in [-0.2, 0) is 0 Å². The summed E-state index contributed by atoms with van der Waals surface area (Å²) in [7, 11) is 5.32. The van der Waals surface area contributed by atoms with Gasteiger partial charge in [0.15, 0.2) is 0 Å². The minimum atomic E-state index is -0.103. The fourth-order valence-electron chi connectivity index (χ4n) is 0.534. The van der Waals surface area contributed by atoms with Crippen LogP contribution >= 0.6 is 10.0 Å². The molecule has 0 unspecified atom stereocenters. The van der Waals surface area contributed by atoms with Crippen LogP contribution < -0.4 is 0 Å². The van der Waals surface area contributed by atoms with Crippen molar-refractivity contribution >= 4 is 24.3 Å². The Bertz CT molecular complexity index is 160. The predicted molar refractivity (Wildman–Crippen MR) is 54.7 cm³/mol. The maximum absolute atomic E-state index is 5.32. The van der Waals surface area contributed by atoms with Crippen LogP contribution in [0, 0.1) is 6.92 Å². The van der Waals surface area contributed by atoms with Crippen molar-refractivity contribution in [2.45, 2.75) is 19.1 Å². The van der Waals surface area contributed by atoms with E-state index in [-0.39, 0.29) is 14.3 Å². The lowest BCUT2D eigenvalue weighted by Crippen LogP contribution is -1.62. The van der Waals surface area contributed by atoms with Gasteiger partial charge in [0.25, 0.3) is 0 Å². The molecule has 60 valence electrons. The van der Waals surface area contributed by atoms with Crippen LogP contribution in [0.5, 0.6) is 0 Å². The summed E-state index contributed by atoms with van der Waals surface area (Å²) < 4.78 is 0. The van der Waals surface area contributed by atoms with Crippen molar-refractivity contribution < 1.29 is 0 Å². The molecule has 2 heteroatoms. The third-order valence-corrected chi connectivity index (χ3v) is 2.64. The molecule has 1 rings (SSSR count). The van der Waals surface area contributed by atoms with Crippen LogP contribution in [0.1, 0.15) is 12.5 Å². The lowest BCUT2D eigenvalue weighted by molar-refractivity contribution is 1.47. The number of benzene rings is 1. The Labute approximate surface area is 79.5 Å². The van der Waals surface area contributed by atoms with E-state index in [1.54, 1.807) is 0 Å². The second kappa shape index (κ2) is 8.14. The minimum absolute atomic E-state index is 0.103. The van der Waals surface area contributed by atoms with E-state index in [4.69, 9.17) is 10.0 Å². The van der Waals surface area contributed by atoms with Crippen molar-refractivity contribution in [1.29, 1.82) is 0 Å². The highest BCUT2D eigenvalue weighted by atomic mass is 35.6. The average Bonchev–Trinajstić information content (AvgIpc) is 2.07. The van der Waals surface area contributed by atoms with Crippen molar-refractivity contribution in [2.24, 2.45) is 0 Å². The Morgan fingerprint density at radius 2 is 1.73 bits per heavy atom. The lowest BCUT2D eigenvalue weighted by Gasteiger charge is -1.82. The van der Waals surface area contributed by atoms with Gasteiger partial charge in [-0.15, -0.1) is 0 Å². The van der Waals surface area contributed by atoms with E-state index in [1.807, 2.05) is 18.2 Å². The van der Waals surface area contributed by atoms with Gasteiger partial charge in [0, 0.05) is 0 Å². The zero-order valence-corrected chi connectivity index (χ0v) is 9.35. The smallest absolute Gasteiger partial charge is 0.267 e. The van der Waals surface area contributed by atoms with Gasteiger partial charge in [0.2, 0.25) is 0 Å². The van der Waals surface area contributed by atoms with Crippen molar-refractivity contribution in [2.75, 3.05) is 0 Å². The Hall–Kier alpha value is 0.0425. The number of halogens is 1. The Morgan fingerprint density at radius 1 is 1.27 bits per heavy atom. The first kappa shape index (κ1) is 11.0. The molecule has 0 radical (unpaired) electrons. The van der Waals surface area contributed by atoms with Gasteiger partial charge in [-0.05, 0) is 6.92 Å². The molecule has 0 atom stereocenters. The normalized spacial score (nSPS) is 7.91. The van der Waals surface area contributed by atoms with E-state index in [1.165, 1.54) is 10.8 Å². The predicted octanol–water partition coefficient (Wildman–Crippen LogP) is 3.01. The number of rotatable bonds is 1. The van der Waals surface area contributed by atoms with Crippen molar-refractivity contribution in [3.63, 3.8) is 0 Å². The first-order chi connectivity index (χ1) is 5.31. The fraction of sp³-hybridized carbons (Fsp3) is 0.333. The van der Waals surface area contributed by atoms with Gasteiger partial charge < -0.3 is 0 Å². The minimum Gasteiger partial charge on any atom is -0.267 e. The van der Waals surface area contributed by atoms with Gasteiger partial charge >= 0.3 is 14.3 Å². The molecule has 11 heavy (non-hydrogen) atoms. The van der Waals surface area contributed by atoms with Crippen LogP contribution in [0.3, 0.4) is 0 Å². The molecule has 0 N–H and O–H groups in total. The summed E-state index contributed by atoms with van der Waals surface area (Å²) in [6.07, 6.45) is 0. The second-order valence-electron chi connectivity index (χ2n) is 2.34. The average molecular weight is 185 g/mol. The van der Waals surface area contributed by atoms with Gasteiger partial charge in [-0.25, -0.2) is 0 Å². The van der Waals surface area contributed by atoms with Crippen molar-refractivity contribution in [3.05, 3.63) is 35.9 Å². The molecule has 0 spiro atoms. The fourth-order valence-corrected chi connectivity index (χ4v) is 0.534. The summed E-state index contributed by atoms with van der Waals surface area (Å²) in [5.41, 5.74) is 1.32. The summed E-state index contributed by atoms with van der Waals surface area (Å²) in [6.45, 7) is 4.19. The Balaban J connectivity index is 0.000000218. The highest BCUT2D eigenvalue weighted by molar-refractivity contribution is 6.93. The summed E-state index contributed by atoms with van der Waals surface area (Å²) >= 11 is -0.103. The first-order valence-corrected chi connectivity index (χ1v) is 7.02. The number of hydrogen-bond acceptors (Lipinski definition) is 0. The first-order valence-electron chi connectivity index (χ1n) is 3.89. The highest BCUT2D eigenvalue weighted by Crippen LogP contribution is 1.92. The molecule has 0 aliphatic heterocycles. The van der Waals surface area contributed by atoms with Gasteiger partial charge in [-0.1, -0.05) is 48.1 Å². The molecular formula is C9H14AlCl. The van der Waals surface area contributed by atoms with E-state index in [0.29, 0.717) is 0 Å². The maximum Gasteiger partial charge on any atom is 0.376 e. The van der Waals surface area contributed by atoms with E-state index < -0.39 is 0 Å². The molecule has 0 fully saturated rings. The van der Waals surface area contributed by atoms with Crippen LogP contribution in [0.15, 0.2) is 30.3 Å². The molecule has 0 aromatic heterocycles. The third kappa shape index (κ3) is 7.94. The Morgan fingerprint density at radius 3 is 1.91 bits per heavy atom. The zero-order valence-electron chi connectivity index (χ0n) is 7.18. The van der Waals surface area contributed by atoms with Gasteiger partial charge in [-0.3, -0.25) is 10.0 Å². The molecule has 0 aliphatic rings. The van der Waals surface area contributed by atoms with Crippen molar-refractivity contribution in [3.8, 4) is 0 Å². The van der Waals surface area contributed by atoms with Crippen LogP contribution in [-0.4, -0.2) is 14.3 Å². The summed E-state index contributed by atoms with van der Waals surface area (Å²) in [5.74, 6) is 0. The molecular weight excluding hydrogens is 171 g/mol. The number of aryl methyl sites for hydroxylation is 1. The second-order valence-corrected chi connectivity index (χ2v) is 4.86. The maximum atomic E-state index is 5.32. The molecule has 0 bridgehead atoms. The van der Waals surface area contributed by atoms with E-state index in [0.717, 1.165) is 0 Å². The molecule has 0 aliphatic carbocycles. The molecule has 0 saturated heterocycles. The Kier molecular flexibility index (Phi) is 8.17. The quantitative estimate of drug-likeness (QED) is 0.589. The van der Waals surface area contributed by atoms with Gasteiger partial charge in [-0.2, -0.15) is 0 Å². The van der Waals surface area contributed by atoms with E-state index >= 15 is 0 Å². The van der Waals surface area contributed by atoms with Gasteiger partial charge in [0.05, 0.1) is 0 Å². The summed E-state index contributed by atoms with van der Waals surface area (Å²) in [6, 6.07) is 10.3. The molecule has 0 saturated carbocycles. The molecule has 1 aromatic carbocycles. The summed E-state index contributed by atoms with van der Waals surface area (Å²) in [5, 5.41) is 1.22. The summed E-state index contributed by atoms with van der Waals surface area (Å²) in [4.78, 5) is 0.